The molecule has 0 aromatic carbocycles. The molecule has 0 radical (unpaired) electrons. The van der Waals surface area contributed by atoms with Crippen LogP contribution >= 0.6 is 20.3 Å². The second-order valence-corrected chi connectivity index (χ2v) is 4.89. The van der Waals surface area contributed by atoms with Crippen molar-refractivity contribution >= 4 is 20.3 Å². The van der Waals surface area contributed by atoms with Gasteiger partial charge >= 0.3 is 0 Å². The van der Waals surface area contributed by atoms with E-state index >= 15 is 0 Å². The fraction of sp³-hybridized carbons (Fsp3) is 1.00. The maximum atomic E-state index is 5.42. The molecule has 0 aromatic heterocycles. The lowest BCUT2D eigenvalue weighted by molar-refractivity contribution is 1.07. The molecule has 11 heavy (non-hydrogen) atoms. The van der Waals surface area contributed by atoms with Gasteiger partial charge in [-0.15, -0.1) is 20.3 Å². The largest absolute Gasteiger partial charge is 0.330 e. The molecule has 0 bridgehead atoms. The van der Waals surface area contributed by atoms with Crippen LogP contribution in [0.3, 0.4) is 0 Å². The fourth-order valence-electron chi connectivity index (χ4n) is 0.883. The Hall–Kier alpha value is 0.600. The Morgan fingerprint density at radius 1 is 0.727 bits per heavy atom. The quantitative estimate of drug-likeness (QED) is 0.517. The van der Waals surface area contributed by atoms with Crippen molar-refractivity contribution < 1.29 is 0 Å². The van der Waals surface area contributed by atoms with Crippen molar-refractivity contribution in [2.45, 2.75) is 0 Å². The molecule has 0 heterocycles. The highest BCUT2D eigenvalue weighted by molar-refractivity contribution is 7.57. The van der Waals surface area contributed by atoms with E-state index in [0.29, 0.717) is 0 Å². The maximum absolute atomic E-state index is 5.42. The lowest BCUT2D eigenvalue weighted by Crippen LogP contribution is -2.15. The van der Waals surface area contributed by atoms with Gasteiger partial charge in [0.25, 0.3) is 0 Å². The number of rotatable bonds is 6. The van der Waals surface area contributed by atoms with E-state index < -0.39 is 0 Å². The van der Waals surface area contributed by atoms with Gasteiger partial charge in [0.15, 0.2) is 0 Å². The van der Waals surface area contributed by atoms with Crippen molar-refractivity contribution in [2.24, 2.45) is 17.2 Å². The Morgan fingerprint density at radius 3 is 1.18 bits per heavy atom. The van der Waals surface area contributed by atoms with E-state index in [2.05, 4.69) is 0 Å². The lowest BCUT2D eigenvalue weighted by atomic mass is 10.8. The molecule has 0 saturated heterocycles. The number of halogens is 1. The third-order valence-corrected chi connectivity index (χ3v) is 4.01. The van der Waals surface area contributed by atoms with Crippen LogP contribution in [0.25, 0.3) is 0 Å². The summed E-state index contributed by atoms with van der Waals surface area (Å²) < 4.78 is 0. The molecule has 5 heteroatoms. The SMILES string of the molecule is Cl.NCCP(CCN)CCN. The minimum absolute atomic E-state index is 0. The Balaban J connectivity index is 0. The molecule has 0 saturated carbocycles. The third kappa shape index (κ3) is 8.51. The normalized spacial score (nSPS) is 9.82. The Labute approximate surface area is 76.2 Å². The summed E-state index contributed by atoms with van der Waals surface area (Å²) in [7, 11) is 0.0640. The Kier molecular flexibility index (Phi) is 13.6. The van der Waals surface area contributed by atoms with Gasteiger partial charge in [0.05, 0.1) is 0 Å². The van der Waals surface area contributed by atoms with Crippen LogP contribution < -0.4 is 17.2 Å². The van der Waals surface area contributed by atoms with Crippen LogP contribution in [0.1, 0.15) is 0 Å². The van der Waals surface area contributed by atoms with Gasteiger partial charge in [-0.25, -0.2) is 0 Å². The van der Waals surface area contributed by atoms with Gasteiger partial charge in [-0.05, 0) is 38.1 Å². The summed E-state index contributed by atoms with van der Waals surface area (Å²) in [4.78, 5) is 0. The van der Waals surface area contributed by atoms with Gasteiger partial charge < -0.3 is 17.2 Å². The van der Waals surface area contributed by atoms with E-state index in [1.807, 2.05) is 0 Å². The van der Waals surface area contributed by atoms with E-state index in [0.717, 1.165) is 38.1 Å². The molecule has 0 unspecified atom stereocenters. The zero-order valence-electron chi connectivity index (χ0n) is 6.83. The maximum Gasteiger partial charge on any atom is -0.00378 e. The molecular formula is C6H19ClN3P. The van der Waals surface area contributed by atoms with Crippen LogP contribution in [0, 0.1) is 0 Å². The van der Waals surface area contributed by atoms with Crippen LogP contribution in [0.5, 0.6) is 0 Å². The molecule has 0 aliphatic heterocycles. The molecule has 3 nitrogen and oxygen atoms in total. The van der Waals surface area contributed by atoms with Crippen LogP contribution in [0.15, 0.2) is 0 Å². The Bertz CT molecular complexity index is 60.6. The molecule has 0 spiro atoms. The monoisotopic (exact) mass is 199 g/mol. The highest BCUT2D eigenvalue weighted by atomic mass is 35.5. The second-order valence-electron chi connectivity index (χ2n) is 2.21. The molecule has 70 valence electrons. The van der Waals surface area contributed by atoms with Crippen molar-refractivity contribution in [3.63, 3.8) is 0 Å². The molecule has 6 N–H and O–H groups in total. The van der Waals surface area contributed by atoms with Gasteiger partial charge in [0.2, 0.25) is 0 Å². The summed E-state index contributed by atoms with van der Waals surface area (Å²) in [6, 6.07) is 0. The summed E-state index contributed by atoms with van der Waals surface area (Å²) in [5, 5.41) is 0. The van der Waals surface area contributed by atoms with E-state index in [1.54, 1.807) is 0 Å². The molecule has 0 aliphatic rings. The Morgan fingerprint density at radius 2 is 1.00 bits per heavy atom. The first-order valence-electron chi connectivity index (χ1n) is 3.67. The van der Waals surface area contributed by atoms with Gasteiger partial charge in [0, 0.05) is 0 Å². The van der Waals surface area contributed by atoms with Crippen LogP contribution in [-0.4, -0.2) is 38.1 Å². The van der Waals surface area contributed by atoms with Crippen molar-refractivity contribution in [3.05, 3.63) is 0 Å². The topological polar surface area (TPSA) is 78.1 Å². The van der Waals surface area contributed by atoms with Crippen molar-refractivity contribution in [1.29, 1.82) is 0 Å². The summed E-state index contributed by atoms with van der Waals surface area (Å²) in [6.45, 7) is 2.35. The summed E-state index contributed by atoms with van der Waals surface area (Å²) >= 11 is 0. The predicted octanol–water partition coefficient (Wildman–Crippen LogP) is -0.234. The van der Waals surface area contributed by atoms with E-state index in [-0.39, 0.29) is 20.3 Å². The first-order chi connectivity index (χ1) is 4.85. The number of hydrogen-bond acceptors (Lipinski definition) is 3. The smallest absolute Gasteiger partial charge is 0.00378 e. The summed E-state index contributed by atoms with van der Waals surface area (Å²) in [5.41, 5.74) is 16.3. The minimum atomic E-state index is 0. The zero-order chi connectivity index (χ0) is 7.82. The van der Waals surface area contributed by atoms with Crippen molar-refractivity contribution in [3.8, 4) is 0 Å². The molecule has 0 fully saturated rings. The minimum Gasteiger partial charge on any atom is -0.330 e. The molecule has 0 atom stereocenters. The van der Waals surface area contributed by atoms with E-state index in [9.17, 15) is 0 Å². The lowest BCUT2D eigenvalue weighted by Gasteiger charge is -2.13. The second kappa shape index (κ2) is 10.6. The number of nitrogens with two attached hydrogens (primary N) is 3. The first-order valence-corrected chi connectivity index (χ1v) is 5.57. The van der Waals surface area contributed by atoms with Gasteiger partial charge in [-0.1, -0.05) is 0 Å². The van der Waals surface area contributed by atoms with Crippen molar-refractivity contribution in [1.82, 2.24) is 0 Å². The van der Waals surface area contributed by atoms with Crippen LogP contribution in [0.4, 0.5) is 0 Å². The average Bonchev–Trinajstić information content (AvgIpc) is 1.90. The summed E-state index contributed by atoms with van der Waals surface area (Å²) in [5.74, 6) is 0. The zero-order valence-corrected chi connectivity index (χ0v) is 8.54. The molecule has 0 rings (SSSR count). The molecule has 0 aromatic rings. The summed E-state index contributed by atoms with van der Waals surface area (Å²) in [6.07, 6.45) is 3.39. The van der Waals surface area contributed by atoms with Gasteiger partial charge in [-0.2, -0.15) is 0 Å². The molecule has 0 amide bonds. The fourth-order valence-corrected chi connectivity index (χ4v) is 2.65. The average molecular weight is 200 g/mol. The van der Waals surface area contributed by atoms with E-state index in [1.165, 1.54) is 0 Å². The predicted molar refractivity (Wildman–Crippen MR) is 55.9 cm³/mol. The first kappa shape index (κ1) is 14.1. The molecule has 0 aliphatic carbocycles. The standard InChI is InChI=1S/C6H18N3P.ClH/c7-1-4-10(5-2-8)6-3-9;/h1-9H2;1H. The van der Waals surface area contributed by atoms with Gasteiger partial charge in [-0.3, -0.25) is 0 Å². The van der Waals surface area contributed by atoms with Crippen LogP contribution in [-0.2, 0) is 0 Å². The number of hydrogen-bond donors (Lipinski definition) is 3. The van der Waals surface area contributed by atoms with Gasteiger partial charge in [0.1, 0.15) is 0 Å². The molecular weight excluding hydrogens is 181 g/mol. The highest BCUT2D eigenvalue weighted by Crippen LogP contribution is 2.32. The van der Waals surface area contributed by atoms with E-state index in [4.69, 9.17) is 17.2 Å². The third-order valence-electron chi connectivity index (χ3n) is 1.34. The highest BCUT2D eigenvalue weighted by Gasteiger charge is 2.02. The van der Waals surface area contributed by atoms with Crippen LogP contribution in [0.2, 0.25) is 0 Å². The van der Waals surface area contributed by atoms with Crippen molar-refractivity contribution in [2.75, 3.05) is 38.1 Å².